The Morgan fingerprint density at radius 2 is 1.54 bits per heavy atom. The van der Waals surface area contributed by atoms with Gasteiger partial charge in [0.05, 0.1) is 0 Å². The molecule has 2 aromatic rings. The van der Waals surface area contributed by atoms with Crippen molar-refractivity contribution >= 4 is 5.97 Å². The first kappa shape index (κ1) is 20.0. The predicted octanol–water partition coefficient (Wildman–Crippen LogP) is 6.55. The number of para-hydroxylation sites is 1. The van der Waals surface area contributed by atoms with E-state index < -0.39 is 5.97 Å². The van der Waals surface area contributed by atoms with Gasteiger partial charge in [0.15, 0.2) is 0 Å². The van der Waals surface area contributed by atoms with Gasteiger partial charge in [-0.15, -0.1) is 0 Å². The molecule has 0 atom stereocenters. The van der Waals surface area contributed by atoms with Crippen molar-refractivity contribution < 1.29 is 14.6 Å². The number of rotatable bonds is 7. The monoisotopic (exact) mass is 354 g/mol. The molecule has 3 heteroatoms. The van der Waals surface area contributed by atoms with Gasteiger partial charge in [0, 0.05) is 5.56 Å². The lowest BCUT2D eigenvalue weighted by atomic mass is 9.76. The van der Waals surface area contributed by atoms with Crippen molar-refractivity contribution in [2.75, 3.05) is 0 Å². The third-order valence-corrected chi connectivity index (χ3v) is 5.60. The summed E-state index contributed by atoms with van der Waals surface area (Å²) in [6.45, 7) is 13.2. The fourth-order valence-corrected chi connectivity index (χ4v) is 2.81. The zero-order valence-corrected chi connectivity index (χ0v) is 16.7. The maximum absolute atomic E-state index is 11.5. The van der Waals surface area contributed by atoms with Crippen LogP contribution in [0.2, 0.25) is 0 Å². The molecule has 0 aliphatic rings. The molecule has 2 aromatic carbocycles. The molecule has 0 aliphatic heterocycles. The van der Waals surface area contributed by atoms with Gasteiger partial charge in [-0.1, -0.05) is 65.8 Å². The zero-order valence-electron chi connectivity index (χ0n) is 16.7. The van der Waals surface area contributed by atoms with E-state index in [9.17, 15) is 9.90 Å². The Bertz CT molecular complexity index is 788. The van der Waals surface area contributed by atoms with Crippen LogP contribution in [0.1, 0.15) is 75.9 Å². The molecule has 0 unspecified atom stereocenters. The van der Waals surface area contributed by atoms with Crippen LogP contribution in [0, 0.1) is 0 Å². The van der Waals surface area contributed by atoms with Crippen LogP contribution in [0.4, 0.5) is 0 Å². The molecule has 0 heterocycles. The van der Waals surface area contributed by atoms with Gasteiger partial charge in [-0.25, -0.2) is 4.79 Å². The highest BCUT2D eigenvalue weighted by Crippen LogP contribution is 2.40. The van der Waals surface area contributed by atoms with Crippen LogP contribution in [-0.2, 0) is 10.8 Å². The van der Waals surface area contributed by atoms with Crippen molar-refractivity contribution in [3.8, 4) is 11.5 Å². The summed E-state index contributed by atoms with van der Waals surface area (Å²) in [5.41, 5.74) is 2.56. The largest absolute Gasteiger partial charge is 0.478 e. The molecule has 0 saturated heterocycles. The van der Waals surface area contributed by atoms with E-state index in [2.05, 4.69) is 53.7 Å². The first-order valence-electron chi connectivity index (χ1n) is 9.27. The van der Waals surface area contributed by atoms with Crippen LogP contribution in [0.25, 0.3) is 0 Å². The molecular formula is C23H30O3. The van der Waals surface area contributed by atoms with E-state index in [-0.39, 0.29) is 16.4 Å². The standard InChI is InChI=1S/C23H30O3/c1-7-22(3,4)16-13-14-20(18(15-16)23(5,6)8-2)26-19-12-10-9-11-17(19)21(24)25/h9-15H,7-8H2,1-6H3,(H,24,25). The van der Waals surface area contributed by atoms with Crippen LogP contribution in [0.5, 0.6) is 11.5 Å². The lowest BCUT2D eigenvalue weighted by Gasteiger charge is -2.30. The Labute approximate surface area is 157 Å². The van der Waals surface area contributed by atoms with Crippen LogP contribution in [-0.4, -0.2) is 11.1 Å². The highest BCUT2D eigenvalue weighted by molar-refractivity contribution is 5.90. The van der Waals surface area contributed by atoms with Gasteiger partial charge in [-0.3, -0.25) is 0 Å². The summed E-state index contributed by atoms with van der Waals surface area (Å²) in [6, 6.07) is 13.1. The van der Waals surface area contributed by atoms with Gasteiger partial charge in [-0.2, -0.15) is 0 Å². The minimum absolute atomic E-state index is 0.0761. The summed E-state index contributed by atoms with van der Waals surface area (Å²) in [7, 11) is 0. The van der Waals surface area contributed by atoms with E-state index in [1.54, 1.807) is 24.3 Å². The Morgan fingerprint density at radius 1 is 0.923 bits per heavy atom. The molecule has 0 radical (unpaired) electrons. The highest BCUT2D eigenvalue weighted by atomic mass is 16.5. The highest BCUT2D eigenvalue weighted by Gasteiger charge is 2.27. The maximum atomic E-state index is 11.5. The van der Waals surface area contributed by atoms with Gasteiger partial charge >= 0.3 is 5.97 Å². The topological polar surface area (TPSA) is 46.5 Å². The molecule has 0 spiro atoms. The van der Waals surface area contributed by atoms with Crippen molar-refractivity contribution in [1.82, 2.24) is 0 Å². The summed E-state index contributed by atoms with van der Waals surface area (Å²) in [4.78, 5) is 11.5. The first-order valence-corrected chi connectivity index (χ1v) is 9.27. The third-order valence-electron chi connectivity index (χ3n) is 5.60. The van der Waals surface area contributed by atoms with E-state index in [1.807, 2.05) is 6.07 Å². The number of benzene rings is 2. The lowest BCUT2D eigenvalue weighted by molar-refractivity contribution is 0.0694. The zero-order chi connectivity index (χ0) is 19.5. The second kappa shape index (κ2) is 7.53. The number of carbonyl (C=O) groups is 1. The Hall–Kier alpha value is -2.29. The van der Waals surface area contributed by atoms with Crippen molar-refractivity contribution in [1.29, 1.82) is 0 Å². The molecule has 140 valence electrons. The molecule has 0 aliphatic carbocycles. The fraction of sp³-hybridized carbons (Fsp3) is 0.435. The summed E-state index contributed by atoms with van der Waals surface area (Å²) in [5.74, 6) is 0.109. The van der Waals surface area contributed by atoms with Crippen molar-refractivity contribution in [3.63, 3.8) is 0 Å². The molecule has 1 N–H and O–H groups in total. The average molecular weight is 354 g/mol. The number of aromatic carboxylic acids is 1. The third kappa shape index (κ3) is 4.09. The van der Waals surface area contributed by atoms with Crippen molar-refractivity contribution in [2.45, 2.75) is 65.2 Å². The summed E-state index contributed by atoms with van der Waals surface area (Å²) in [5, 5.41) is 9.42. The Morgan fingerprint density at radius 3 is 2.12 bits per heavy atom. The van der Waals surface area contributed by atoms with E-state index in [0.29, 0.717) is 5.75 Å². The van der Waals surface area contributed by atoms with Gasteiger partial charge < -0.3 is 9.84 Å². The fourth-order valence-electron chi connectivity index (χ4n) is 2.81. The Balaban J connectivity index is 2.57. The SMILES string of the molecule is CCC(C)(C)c1ccc(Oc2ccccc2C(=O)O)c(C(C)(C)CC)c1. The average Bonchev–Trinajstić information content (AvgIpc) is 2.62. The van der Waals surface area contributed by atoms with E-state index in [1.165, 1.54) is 5.56 Å². The molecule has 26 heavy (non-hydrogen) atoms. The number of carboxylic acid groups (broad SMARTS) is 1. The van der Waals surface area contributed by atoms with Crippen molar-refractivity contribution in [3.05, 3.63) is 59.2 Å². The smallest absolute Gasteiger partial charge is 0.339 e. The van der Waals surface area contributed by atoms with Crippen molar-refractivity contribution in [2.24, 2.45) is 0 Å². The molecule has 0 amide bonds. The normalized spacial score (nSPS) is 12.1. The second-order valence-corrected chi connectivity index (χ2v) is 8.09. The lowest BCUT2D eigenvalue weighted by Crippen LogP contribution is -2.21. The molecule has 0 fully saturated rings. The number of hydrogen-bond acceptors (Lipinski definition) is 2. The first-order chi connectivity index (χ1) is 12.1. The number of ether oxygens (including phenoxy) is 1. The molecular weight excluding hydrogens is 324 g/mol. The minimum atomic E-state index is -0.986. The quantitative estimate of drug-likeness (QED) is 0.613. The molecule has 2 rings (SSSR count). The Kier molecular flexibility index (Phi) is 5.80. The van der Waals surface area contributed by atoms with Crippen LogP contribution in [0.3, 0.4) is 0 Å². The number of hydrogen-bond donors (Lipinski definition) is 1. The molecule has 0 aromatic heterocycles. The van der Waals surface area contributed by atoms with Gasteiger partial charge in [0.2, 0.25) is 0 Å². The summed E-state index contributed by atoms with van der Waals surface area (Å²) in [6.07, 6.45) is 2.00. The van der Waals surface area contributed by atoms with E-state index in [4.69, 9.17) is 4.74 Å². The van der Waals surface area contributed by atoms with Gasteiger partial charge in [-0.05, 0) is 47.4 Å². The van der Waals surface area contributed by atoms with E-state index >= 15 is 0 Å². The second-order valence-electron chi connectivity index (χ2n) is 8.09. The van der Waals surface area contributed by atoms with Crippen LogP contribution < -0.4 is 4.74 Å². The predicted molar refractivity (Wildman–Crippen MR) is 107 cm³/mol. The number of carboxylic acids is 1. The van der Waals surface area contributed by atoms with E-state index in [0.717, 1.165) is 24.2 Å². The molecule has 0 saturated carbocycles. The van der Waals surface area contributed by atoms with Gasteiger partial charge in [0.25, 0.3) is 0 Å². The summed E-state index contributed by atoms with van der Waals surface area (Å²) < 4.78 is 6.11. The van der Waals surface area contributed by atoms with Gasteiger partial charge in [0.1, 0.15) is 17.1 Å². The summed E-state index contributed by atoms with van der Waals surface area (Å²) >= 11 is 0. The maximum Gasteiger partial charge on any atom is 0.339 e. The van der Waals surface area contributed by atoms with Crippen LogP contribution >= 0.6 is 0 Å². The molecule has 0 bridgehead atoms. The van der Waals surface area contributed by atoms with Crippen LogP contribution in [0.15, 0.2) is 42.5 Å². The molecule has 3 nitrogen and oxygen atoms in total. The minimum Gasteiger partial charge on any atom is -0.478 e.